The summed E-state index contributed by atoms with van der Waals surface area (Å²) in [7, 11) is 0. The van der Waals surface area contributed by atoms with Crippen LogP contribution in [0.5, 0.6) is 0 Å². The lowest BCUT2D eigenvalue weighted by Crippen LogP contribution is -2.11. The second-order valence-corrected chi connectivity index (χ2v) is 7.80. The number of hydrogen-bond donors (Lipinski definition) is 2. The monoisotopic (exact) mass is 433 g/mol. The minimum atomic E-state index is -0.211. The number of rotatable bonds is 7. The molecule has 2 aromatic carbocycles. The summed E-state index contributed by atoms with van der Waals surface area (Å²) >= 11 is 13.2. The topological polar surface area (TPSA) is 76.7 Å². The van der Waals surface area contributed by atoms with Gasteiger partial charge in [0.2, 0.25) is 0 Å². The molecule has 0 aliphatic heterocycles. The van der Waals surface area contributed by atoms with E-state index < -0.39 is 0 Å². The van der Waals surface area contributed by atoms with Crippen LogP contribution >= 0.6 is 34.5 Å². The van der Waals surface area contributed by atoms with Gasteiger partial charge in [0.05, 0.1) is 26.3 Å². The van der Waals surface area contributed by atoms with Crippen molar-refractivity contribution in [1.82, 2.24) is 0 Å². The number of carbonyl (C=O) groups is 1. The van der Waals surface area contributed by atoms with E-state index in [1.807, 2.05) is 24.3 Å². The van der Waals surface area contributed by atoms with Crippen LogP contribution in [-0.2, 0) is 17.9 Å². The molecule has 3 rings (SSSR count). The molecule has 0 aliphatic rings. The average molecular weight is 434 g/mol. The Hall–Kier alpha value is -2.54. The first kappa shape index (κ1) is 20.2. The van der Waals surface area contributed by atoms with Crippen molar-refractivity contribution >= 4 is 58.0 Å². The van der Waals surface area contributed by atoms with Crippen LogP contribution in [0.15, 0.2) is 59.8 Å². The summed E-state index contributed by atoms with van der Waals surface area (Å²) in [6, 6.07) is 16.1. The van der Waals surface area contributed by atoms with Crippen LogP contribution in [0.25, 0.3) is 0 Å². The number of hydrogen-bond acceptors (Lipinski definition) is 5. The molecular formula is C20H17Cl2N3O2S. The molecule has 0 fully saturated rings. The van der Waals surface area contributed by atoms with Crippen LogP contribution in [0.1, 0.15) is 20.1 Å². The van der Waals surface area contributed by atoms with Crippen LogP contribution in [0.2, 0.25) is 10.0 Å². The Kier molecular flexibility index (Phi) is 6.92. The summed E-state index contributed by atoms with van der Waals surface area (Å²) in [5, 5.41) is 7.76. The van der Waals surface area contributed by atoms with E-state index in [-0.39, 0.29) is 12.5 Å². The van der Waals surface area contributed by atoms with Crippen molar-refractivity contribution in [3.63, 3.8) is 0 Å². The highest BCUT2D eigenvalue weighted by Gasteiger charge is 2.11. The molecule has 28 heavy (non-hydrogen) atoms. The Morgan fingerprint density at radius 1 is 1.14 bits per heavy atom. The molecule has 1 aromatic heterocycles. The Morgan fingerprint density at radius 3 is 2.75 bits per heavy atom. The summed E-state index contributed by atoms with van der Waals surface area (Å²) in [6.07, 6.45) is 2.23. The second-order valence-electron chi connectivity index (χ2n) is 5.82. The van der Waals surface area contributed by atoms with E-state index >= 15 is 0 Å². The van der Waals surface area contributed by atoms with Crippen molar-refractivity contribution in [3.8, 4) is 0 Å². The van der Waals surface area contributed by atoms with Crippen LogP contribution in [0.4, 0.5) is 11.4 Å². The highest BCUT2D eigenvalue weighted by Crippen LogP contribution is 2.23. The van der Waals surface area contributed by atoms with E-state index in [2.05, 4.69) is 10.5 Å². The maximum atomic E-state index is 12.3. The zero-order chi connectivity index (χ0) is 19.9. The van der Waals surface area contributed by atoms with Crippen LogP contribution in [0.3, 0.4) is 0 Å². The smallest absolute Gasteiger partial charge is 0.265 e. The third-order valence-corrected chi connectivity index (χ3v) is 5.56. The molecule has 3 aromatic rings. The number of para-hydroxylation sites is 2. The second kappa shape index (κ2) is 9.59. The van der Waals surface area contributed by atoms with Gasteiger partial charge in [-0.1, -0.05) is 46.6 Å². The van der Waals surface area contributed by atoms with Crippen molar-refractivity contribution in [3.05, 3.63) is 80.0 Å². The quantitative estimate of drug-likeness (QED) is 0.287. The number of amides is 1. The van der Waals surface area contributed by atoms with Crippen molar-refractivity contribution in [1.29, 1.82) is 0 Å². The predicted octanol–water partition coefficient (Wildman–Crippen LogP) is 5.63. The van der Waals surface area contributed by atoms with Gasteiger partial charge in [0, 0.05) is 17.5 Å². The van der Waals surface area contributed by atoms with Crippen molar-refractivity contribution in [2.24, 2.45) is 5.16 Å². The van der Waals surface area contributed by atoms with Gasteiger partial charge in [-0.25, -0.2) is 0 Å². The summed E-state index contributed by atoms with van der Waals surface area (Å²) in [5.74, 6) is -0.211. The van der Waals surface area contributed by atoms with Gasteiger partial charge in [-0.05, 0) is 42.0 Å². The SMILES string of the molecule is Nc1ccccc1NC(=O)c1ccc(CO/N=C/Cc2ccc(Cl)c(Cl)c2)s1. The minimum Gasteiger partial charge on any atom is -0.397 e. The molecule has 8 heteroatoms. The van der Waals surface area contributed by atoms with Crippen molar-refractivity contribution in [2.75, 3.05) is 11.1 Å². The van der Waals surface area contributed by atoms with Gasteiger partial charge in [-0.15, -0.1) is 11.3 Å². The molecule has 0 atom stereocenters. The van der Waals surface area contributed by atoms with Gasteiger partial charge >= 0.3 is 0 Å². The molecule has 0 spiro atoms. The van der Waals surface area contributed by atoms with Crippen LogP contribution < -0.4 is 11.1 Å². The number of thiophene rings is 1. The molecule has 0 radical (unpaired) electrons. The van der Waals surface area contributed by atoms with E-state index in [4.69, 9.17) is 33.8 Å². The molecule has 0 saturated carbocycles. The van der Waals surface area contributed by atoms with E-state index in [1.165, 1.54) is 11.3 Å². The van der Waals surface area contributed by atoms with Gasteiger partial charge in [-0.3, -0.25) is 4.79 Å². The number of nitrogens with two attached hydrogens (primary N) is 1. The summed E-state index contributed by atoms with van der Waals surface area (Å²) in [5.41, 5.74) is 7.94. The highest BCUT2D eigenvalue weighted by molar-refractivity contribution is 7.14. The molecule has 0 bridgehead atoms. The van der Waals surface area contributed by atoms with E-state index in [0.29, 0.717) is 32.7 Å². The van der Waals surface area contributed by atoms with E-state index in [9.17, 15) is 4.79 Å². The molecular weight excluding hydrogens is 417 g/mol. The number of oxime groups is 1. The lowest BCUT2D eigenvalue weighted by molar-refractivity contribution is 0.103. The largest absolute Gasteiger partial charge is 0.397 e. The van der Waals surface area contributed by atoms with Crippen molar-refractivity contribution in [2.45, 2.75) is 13.0 Å². The van der Waals surface area contributed by atoms with Gasteiger partial charge in [-0.2, -0.15) is 0 Å². The Morgan fingerprint density at radius 2 is 1.96 bits per heavy atom. The Balaban J connectivity index is 1.48. The van der Waals surface area contributed by atoms with Gasteiger partial charge in [0.15, 0.2) is 6.61 Å². The third kappa shape index (κ3) is 5.48. The number of carbonyl (C=O) groups excluding carboxylic acids is 1. The zero-order valence-electron chi connectivity index (χ0n) is 14.7. The molecule has 0 aliphatic carbocycles. The van der Waals surface area contributed by atoms with Gasteiger partial charge < -0.3 is 15.9 Å². The number of nitrogens with zero attached hydrogens (tertiary/aromatic N) is 1. The first-order valence-corrected chi connectivity index (χ1v) is 9.92. The summed E-state index contributed by atoms with van der Waals surface area (Å²) < 4.78 is 0. The number of benzene rings is 2. The Labute approximate surface area is 176 Å². The zero-order valence-corrected chi connectivity index (χ0v) is 17.0. The number of nitrogen functional groups attached to an aromatic ring is 1. The average Bonchev–Trinajstić information content (AvgIpc) is 3.15. The fourth-order valence-electron chi connectivity index (χ4n) is 2.34. The van der Waals surface area contributed by atoms with Crippen LogP contribution in [0, 0.1) is 0 Å². The van der Waals surface area contributed by atoms with E-state index in [0.717, 1.165) is 10.4 Å². The molecule has 5 nitrogen and oxygen atoms in total. The van der Waals surface area contributed by atoms with Crippen molar-refractivity contribution < 1.29 is 9.63 Å². The number of nitrogens with one attached hydrogen (secondary N) is 1. The van der Waals surface area contributed by atoms with Gasteiger partial charge in [0.1, 0.15) is 0 Å². The normalized spacial score (nSPS) is 10.9. The number of halogens is 2. The van der Waals surface area contributed by atoms with Crippen LogP contribution in [-0.4, -0.2) is 12.1 Å². The Bertz CT molecular complexity index is 1000. The molecule has 144 valence electrons. The molecule has 1 heterocycles. The standard InChI is InChI=1S/C20H17Cl2N3O2S/c21-15-7-5-13(11-16(15)22)9-10-24-27-12-14-6-8-19(28-14)20(26)25-18-4-2-1-3-17(18)23/h1-8,10-11H,9,12,23H2,(H,25,26)/b24-10+. The molecule has 1 amide bonds. The highest BCUT2D eigenvalue weighted by atomic mass is 35.5. The maximum absolute atomic E-state index is 12.3. The lowest BCUT2D eigenvalue weighted by atomic mass is 10.2. The maximum Gasteiger partial charge on any atom is 0.265 e. The fourth-order valence-corrected chi connectivity index (χ4v) is 3.47. The molecule has 0 saturated heterocycles. The summed E-state index contributed by atoms with van der Waals surface area (Å²) in [4.78, 5) is 19.1. The number of anilines is 2. The van der Waals surface area contributed by atoms with Gasteiger partial charge in [0.25, 0.3) is 5.91 Å². The minimum absolute atomic E-state index is 0.211. The molecule has 0 unspecified atom stereocenters. The van der Waals surface area contributed by atoms with E-state index in [1.54, 1.807) is 36.5 Å². The fraction of sp³-hybridized carbons (Fsp3) is 0.100. The summed E-state index contributed by atoms with van der Waals surface area (Å²) in [6.45, 7) is 0.281. The molecule has 3 N–H and O–H groups in total. The lowest BCUT2D eigenvalue weighted by Gasteiger charge is -2.06. The third-order valence-electron chi connectivity index (χ3n) is 3.76. The first-order chi connectivity index (χ1) is 13.5. The first-order valence-electron chi connectivity index (χ1n) is 8.35. The predicted molar refractivity (Wildman–Crippen MR) is 117 cm³/mol.